The number of fused-ring (bicyclic) bond motifs is 3. The average Bonchev–Trinajstić information content (AvgIpc) is 2.60. The molecule has 0 bridgehead atoms. The third kappa shape index (κ3) is 2.85. The van der Waals surface area contributed by atoms with Gasteiger partial charge in [0.05, 0.1) is 16.9 Å². The second kappa shape index (κ2) is 5.80. The van der Waals surface area contributed by atoms with Gasteiger partial charge >= 0.3 is 13.2 Å². The Balaban J connectivity index is 1.97. The van der Waals surface area contributed by atoms with Crippen LogP contribution in [0, 0.1) is 0 Å². The molecule has 0 amide bonds. The molecule has 0 saturated carbocycles. The molecule has 0 aliphatic carbocycles. The summed E-state index contributed by atoms with van der Waals surface area (Å²) in [6.45, 7) is 1.45. The first-order valence-corrected chi connectivity index (χ1v) is 8.21. The van der Waals surface area contributed by atoms with Crippen molar-refractivity contribution in [1.82, 2.24) is 0 Å². The zero-order chi connectivity index (χ0) is 19.4. The van der Waals surface area contributed by atoms with Gasteiger partial charge in [0, 0.05) is 24.4 Å². The van der Waals surface area contributed by atoms with Gasteiger partial charge in [0.25, 0.3) is 0 Å². The van der Waals surface area contributed by atoms with E-state index >= 15 is 0 Å². The lowest BCUT2D eigenvalue weighted by Crippen LogP contribution is -2.49. The van der Waals surface area contributed by atoms with E-state index in [4.69, 9.17) is 4.65 Å². The molecule has 0 fully saturated rings. The highest BCUT2D eigenvalue weighted by molar-refractivity contribution is 6.54. The van der Waals surface area contributed by atoms with Gasteiger partial charge in [-0.1, -0.05) is 36.4 Å². The molecule has 0 radical (unpaired) electrons. The summed E-state index contributed by atoms with van der Waals surface area (Å²) in [6, 6.07) is 14.2. The molecule has 0 spiro atoms. The summed E-state index contributed by atoms with van der Waals surface area (Å²) in [5.74, 6) is 0.0406. The highest BCUT2D eigenvalue weighted by atomic mass is 19.4. The highest BCUT2D eigenvalue weighted by Crippen LogP contribution is 2.39. The SMILES string of the molecule is CC1=[N+](c2cccc(C(F)(F)F)c2)[B-](F)(F)Oc2c1ccc1ccccc21. The lowest BCUT2D eigenvalue weighted by atomic mass is 9.92. The molecule has 8 heteroatoms. The van der Waals surface area contributed by atoms with Crippen LogP contribution in [0.15, 0.2) is 60.7 Å². The summed E-state index contributed by atoms with van der Waals surface area (Å²) in [7, 11) is -4.61. The Bertz CT molecular complexity index is 1090. The van der Waals surface area contributed by atoms with E-state index in [1.54, 1.807) is 36.4 Å². The van der Waals surface area contributed by atoms with Crippen molar-refractivity contribution in [3.05, 3.63) is 71.8 Å². The fraction of sp³-hybridized carbons (Fsp3) is 0.105. The van der Waals surface area contributed by atoms with Crippen LogP contribution < -0.4 is 4.65 Å². The second-order valence-corrected chi connectivity index (χ2v) is 6.35. The van der Waals surface area contributed by atoms with Gasteiger partial charge < -0.3 is 17.8 Å². The molecular weight excluding hydrogens is 364 g/mol. The summed E-state index contributed by atoms with van der Waals surface area (Å²) in [5, 5.41) is 1.27. The zero-order valence-corrected chi connectivity index (χ0v) is 14.1. The van der Waals surface area contributed by atoms with E-state index in [9.17, 15) is 21.8 Å². The average molecular weight is 377 g/mol. The molecule has 1 heterocycles. The first-order chi connectivity index (χ1) is 12.7. The molecule has 1 aliphatic heterocycles. The highest BCUT2D eigenvalue weighted by Gasteiger charge is 2.52. The molecule has 3 aromatic rings. The molecule has 1 aliphatic rings. The Labute approximate surface area is 151 Å². The van der Waals surface area contributed by atoms with Gasteiger partial charge in [-0.25, -0.2) is 0 Å². The summed E-state index contributed by atoms with van der Waals surface area (Å²) in [5.41, 5.74) is -0.722. The van der Waals surface area contributed by atoms with Crippen molar-refractivity contribution in [2.24, 2.45) is 0 Å². The minimum Gasteiger partial charge on any atom is -0.598 e. The number of halogens is 5. The molecule has 2 nitrogen and oxygen atoms in total. The fourth-order valence-electron chi connectivity index (χ4n) is 3.40. The fourth-order valence-corrected chi connectivity index (χ4v) is 3.40. The second-order valence-electron chi connectivity index (χ2n) is 6.35. The first kappa shape index (κ1) is 17.5. The molecule has 27 heavy (non-hydrogen) atoms. The number of hydrogen-bond donors (Lipinski definition) is 0. The molecule has 3 aromatic carbocycles. The molecule has 138 valence electrons. The van der Waals surface area contributed by atoms with Gasteiger partial charge in [0.15, 0.2) is 5.69 Å². The number of alkyl halides is 3. The molecule has 0 aromatic heterocycles. The molecule has 0 N–H and O–H groups in total. The van der Waals surface area contributed by atoms with E-state index in [1.165, 1.54) is 13.0 Å². The molecule has 4 rings (SSSR count). The van der Waals surface area contributed by atoms with Crippen molar-refractivity contribution in [2.75, 3.05) is 0 Å². The van der Waals surface area contributed by atoms with Crippen molar-refractivity contribution in [1.29, 1.82) is 0 Å². The normalized spacial score (nSPS) is 16.2. The van der Waals surface area contributed by atoms with E-state index in [2.05, 4.69) is 0 Å². The minimum atomic E-state index is -4.63. The van der Waals surface area contributed by atoms with E-state index in [0.717, 1.165) is 17.5 Å². The summed E-state index contributed by atoms with van der Waals surface area (Å²) in [6.07, 6.45) is -4.63. The molecule has 0 saturated heterocycles. The number of hydrogen-bond acceptors (Lipinski definition) is 1. The van der Waals surface area contributed by atoms with Crippen molar-refractivity contribution >= 4 is 29.2 Å². The first-order valence-electron chi connectivity index (χ1n) is 8.21. The van der Waals surface area contributed by atoms with Crippen LogP contribution >= 0.6 is 0 Å². The van der Waals surface area contributed by atoms with Gasteiger partial charge in [-0.05, 0) is 17.5 Å². The van der Waals surface area contributed by atoms with Crippen LogP contribution in [-0.2, 0) is 6.18 Å². The van der Waals surface area contributed by atoms with Gasteiger partial charge in [-0.3, -0.25) is 0 Å². The lowest BCUT2D eigenvalue weighted by Gasteiger charge is -2.31. The third-order valence-electron chi connectivity index (χ3n) is 4.64. The van der Waals surface area contributed by atoms with Crippen LogP contribution in [0.5, 0.6) is 5.75 Å². The zero-order valence-electron chi connectivity index (χ0n) is 14.1. The molecule has 0 unspecified atom stereocenters. The Morgan fingerprint density at radius 1 is 0.926 bits per heavy atom. The minimum absolute atomic E-state index is 0.0406. The van der Waals surface area contributed by atoms with Crippen LogP contribution in [0.25, 0.3) is 10.8 Å². The summed E-state index contributed by atoms with van der Waals surface area (Å²) in [4.78, 5) is 0. The van der Waals surface area contributed by atoms with Crippen LogP contribution in [0.3, 0.4) is 0 Å². The van der Waals surface area contributed by atoms with Gasteiger partial charge in [-0.2, -0.15) is 13.2 Å². The Morgan fingerprint density at radius 3 is 2.41 bits per heavy atom. The predicted octanol–water partition coefficient (Wildman–Crippen LogP) is 5.78. The Kier molecular flexibility index (Phi) is 3.76. The summed E-state index contributed by atoms with van der Waals surface area (Å²) >= 11 is 0. The number of benzene rings is 3. The van der Waals surface area contributed by atoms with Crippen molar-refractivity contribution in [3.63, 3.8) is 0 Å². The van der Waals surface area contributed by atoms with Gasteiger partial charge in [0.1, 0.15) is 5.71 Å². The summed E-state index contributed by atoms with van der Waals surface area (Å²) < 4.78 is 74.4. The maximum atomic E-state index is 14.9. The quantitative estimate of drug-likeness (QED) is 0.387. The van der Waals surface area contributed by atoms with E-state index in [-0.39, 0.29) is 17.1 Å². The molecular formula is C19H13BF5NO. The smallest absolute Gasteiger partial charge is 0.598 e. The topological polar surface area (TPSA) is 12.2 Å². The van der Waals surface area contributed by atoms with E-state index in [1.807, 2.05) is 0 Å². The van der Waals surface area contributed by atoms with Crippen molar-refractivity contribution in [2.45, 2.75) is 13.1 Å². The largest absolute Gasteiger partial charge is 0.834 e. The number of nitrogens with zero attached hydrogens (tertiary/aromatic N) is 1. The van der Waals surface area contributed by atoms with Crippen LogP contribution in [0.2, 0.25) is 0 Å². The monoisotopic (exact) mass is 377 g/mol. The lowest BCUT2D eigenvalue weighted by molar-refractivity contribution is -0.349. The predicted molar refractivity (Wildman–Crippen MR) is 93.7 cm³/mol. The van der Waals surface area contributed by atoms with Crippen LogP contribution in [0.4, 0.5) is 27.5 Å². The van der Waals surface area contributed by atoms with Crippen LogP contribution in [-0.4, -0.2) is 17.2 Å². The number of rotatable bonds is 1. The van der Waals surface area contributed by atoms with Crippen molar-refractivity contribution in [3.8, 4) is 5.75 Å². The standard InChI is InChI=1S/C19H13BF5NO/c1-12-16-10-9-13-5-2-3-8-17(13)18(16)27-20(24,25)26(12)15-7-4-6-14(11-15)19(21,22)23/h2-11H,1H3. The van der Waals surface area contributed by atoms with E-state index in [0.29, 0.717) is 21.5 Å². The molecule has 0 atom stereocenters. The Morgan fingerprint density at radius 2 is 1.67 bits per heavy atom. The van der Waals surface area contributed by atoms with Crippen LogP contribution in [0.1, 0.15) is 18.1 Å². The van der Waals surface area contributed by atoms with Gasteiger partial charge in [-0.15, -0.1) is 0 Å². The van der Waals surface area contributed by atoms with E-state index < -0.39 is 18.8 Å². The maximum absolute atomic E-state index is 14.9. The third-order valence-corrected chi connectivity index (χ3v) is 4.64. The Hall–Kier alpha value is -2.90. The maximum Gasteiger partial charge on any atom is 0.834 e. The van der Waals surface area contributed by atoms with Gasteiger partial charge in [0.2, 0.25) is 0 Å². The van der Waals surface area contributed by atoms with Crippen molar-refractivity contribution < 1.29 is 30.9 Å².